The second-order valence-electron chi connectivity index (χ2n) is 4.19. The molecule has 0 aliphatic rings. The Bertz CT molecular complexity index is 637. The molecule has 0 aliphatic carbocycles. The number of nitrogens with one attached hydrogen (secondary N) is 1. The fraction of sp³-hybridized carbons (Fsp3) is 0.133. The van der Waals surface area contributed by atoms with Crippen LogP contribution in [-0.2, 0) is 11.2 Å². The van der Waals surface area contributed by atoms with Crippen LogP contribution in [0.25, 0.3) is 0 Å². The number of amides is 1. The molecule has 0 saturated heterocycles. The molecule has 1 heterocycles. The summed E-state index contributed by atoms with van der Waals surface area (Å²) >= 11 is 5.92. The first kappa shape index (κ1) is 14.0. The van der Waals surface area contributed by atoms with Crippen molar-refractivity contribution in [3.8, 4) is 6.07 Å². The molecule has 2 aromatic rings. The van der Waals surface area contributed by atoms with Gasteiger partial charge in [0.25, 0.3) is 0 Å². The number of halogens is 1. The molecule has 1 N–H and O–H groups in total. The van der Waals surface area contributed by atoms with Gasteiger partial charge in [-0.25, -0.2) is 4.98 Å². The van der Waals surface area contributed by atoms with Crippen molar-refractivity contribution >= 4 is 23.3 Å². The third-order valence-electron chi connectivity index (χ3n) is 2.76. The van der Waals surface area contributed by atoms with Gasteiger partial charge in [0.1, 0.15) is 5.92 Å². The molecular formula is C15H12ClN3O. The third kappa shape index (κ3) is 3.56. The van der Waals surface area contributed by atoms with Gasteiger partial charge in [-0.05, 0) is 24.1 Å². The van der Waals surface area contributed by atoms with Crippen molar-refractivity contribution in [2.24, 2.45) is 5.92 Å². The maximum absolute atomic E-state index is 12.1. The number of nitriles is 1. The fourth-order valence-corrected chi connectivity index (χ4v) is 1.90. The Kier molecular flexibility index (Phi) is 4.70. The standard InChI is InChI=1S/C15H12ClN3O/c16-13-7-4-8-18-14(13)19-15(20)12(10-17)9-11-5-2-1-3-6-11/h1-8,12H,9H2,(H,18,19,20). The van der Waals surface area contributed by atoms with E-state index in [1.54, 1.807) is 12.1 Å². The van der Waals surface area contributed by atoms with Crippen LogP contribution in [0.1, 0.15) is 5.56 Å². The molecule has 1 amide bonds. The molecule has 4 nitrogen and oxygen atoms in total. The van der Waals surface area contributed by atoms with Gasteiger partial charge in [-0.3, -0.25) is 4.79 Å². The van der Waals surface area contributed by atoms with E-state index in [0.29, 0.717) is 11.4 Å². The van der Waals surface area contributed by atoms with E-state index < -0.39 is 11.8 Å². The van der Waals surface area contributed by atoms with Crippen molar-refractivity contribution in [1.29, 1.82) is 5.26 Å². The number of benzene rings is 1. The van der Waals surface area contributed by atoms with E-state index in [4.69, 9.17) is 16.9 Å². The Hall–Kier alpha value is -2.38. The Morgan fingerprint density at radius 2 is 2.05 bits per heavy atom. The van der Waals surface area contributed by atoms with Crippen molar-refractivity contribution in [1.82, 2.24) is 4.98 Å². The molecule has 100 valence electrons. The van der Waals surface area contributed by atoms with Crippen molar-refractivity contribution in [3.63, 3.8) is 0 Å². The normalized spacial score (nSPS) is 11.4. The molecule has 1 aromatic heterocycles. The number of hydrogen-bond donors (Lipinski definition) is 1. The Morgan fingerprint density at radius 1 is 1.30 bits per heavy atom. The zero-order valence-corrected chi connectivity index (χ0v) is 11.3. The van der Waals surface area contributed by atoms with Gasteiger partial charge in [-0.2, -0.15) is 5.26 Å². The van der Waals surface area contributed by atoms with E-state index in [1.807, 2.05) is 36.4 Å². The minimum atomic E-state index is -0.782. The van der Waals surface area contributed by atoms with Crippen LogP contribution in [0, 0.1) is 17.2 Å². The number of pyridine rings is 1. The molecule has 0 fully saturated rings. The molecule has 0 aliphatic heterocycles. The highest BCUT2D eigenvalue weighted by molar-refractivity contribution is 6.33. The minimum Gasteiger partial charge on any atom is -0.308 e. The molecule has 0 radical (unpaired) electrons. The SMILES string of the molecule is N#CC(Cc1ccccc1)C(=O)Nc1ncccc1Cl. The lowest BCUT2D eigenvalue weighted by Crippen LogP contribution is -2.24. The van der Waals surface area contributed by atoms with Gasteiger partial charge < -0.3 is 5.32 Å². The summed E-state index contributed by atoms with van der Waals surface area (Å²) in [5.41, 5.74) is 0.932. The number of carbonyl (C=O) groups excluding carboxylic acids is 1. The third-order valence-corrected chi connectivity index (χ3v) is 3.06. The smallest absolute Gasteiger partial charge is 0.243 e. The lowest BCUT2D eigenvalue weighted by molar-refractivity contribution is -0.118. The number of carbonyl (C=O) groups is 1. The quantitative estimate of drug-likeness (QED) is 0.939. The van der Waals surface area contributed by atoms with Crippen molar-refractivity contribution < 1.29 is 4.79 Å². The number of aromatic nitrogens is 1. The molecule has 0 saturated carbocycles. The summed E-state index contributed by atoms with van der Waals surface area (Å²) in [4.78, 5) is 16.0. The van der Waals surface area contributed by atoms with Gasteiger partial charge in [-0.15, -0.1) is 0 Å². The molecule has 1 aromatic carbocycles. The van der Waals surface area contributed by atoms with Gasteiger partial charge in [0.2, 0.25) is 5.91 Å². The summed E-state index contributed by atoms with van der Waals surface area (Å²) in [5, 5.41) is 12.1. The van der Waals surface area contributed by atoms with E-state index >= 15 is 0 Å². The highest BCUT2D eigenvalue weighted by Crippen LogP contribution is 2.19. The average Bonchev–Trinajstić information content (AvgIpc) is 2.48. The Balaban J connectivity index is 2.07. The van der Waals surface area contributed by atoms with Crippen molar-refractivity contribution in [3.05, 3.63) is 59.2 Å². The lowest BCUT2D eigenvalue weighted by Gasteiger charge is -2.10. The van der Waals surface area contributed by atoms with Crippen molar-refractivity contribution in [2.45, 2.75) is 6.42 Å². The monoisotopic (exact) mass is 285 g/mol. The molecule has 0 bridgehead atoms. The van der Waals surface area contributed by atoms with Crippen LogP contribution in [0.4, 0.5) is 5.82 Å². The summed E-state index contributed by atoms with van der Waals surface area (Å²) in [6.45, 7) is 0. The summed E-state index contributed by atoms with van der Waals surface area (Å²) in [6.07, 6.45) is 1.88. The topological polar surface area (TPSA) is 65.8 Å². The first-order valence-electron chi connectivity index (χ1n) is 6.05. The van der Waals surface area contributed by atoms with E-state index in [2.05, 4.69) is 10.3 Å². The molecular weight excluding hydrogens is 274 g/mol. The first-order chi connectivity index (χ1) is 9.70. The first-order valence-corrected chi connectivity index (χ1v) is 6.43. The molecule has 1 unspecified atom stereocenters. The van der Waals surface area contributed by atoms with Gasteiger partial charge >= 0.3 is 0 Å². The molecule has 0 spiro atoms. The van der Waals surface area contributed by atoms with Gasteiger partial charge in [-0.1, -0.05) is 41.9 Å². The second kappa shape index (κ2) is 6.69. The number of anilines is 1. The zero-order chi connectivity index (χ0) is 14.4. The molecule has 5 heteroatoms. The van der Waals surface area contributed by atoms with Gasteiger partial charge in [0.05, 0.1) is 11.1 Å². The largest absolute Gasteiger partial charge is 0.308 e. The van der Waals surface area contributed by atoms with Crippen LogP contribution in [-0.4, -0.2) is 10.9 Å². The number of hydrogen-bond acceptors (Lipinski definition) is 3. The summed E-state index contributed by atoms with van der Waals surface area (Å²) in [7, 11) is 0. The molecule has 1 atom stereocenters. The summed E-state index contributed by atoms with van der Waals surface area (Å²) < 4.78 is 0. The highest BCUT2D eigenvalue weighted by atomic mass is 35.5. The summed E-state index contributed by atoms with van der Waals surface area (Å²) in [5.74, 6) is -0.917. The maximum Gasteiger partial charge on any atom is 0.243 e. The van der Waals surface area contributed by atoms with E-state index in [1.165, 1.54) is 6.20 Å². The lowest BCUT2D eigenvalue weighted by atomic mass is 10.00. The van der Waals surface area contributed by atoms with Crippen LogP contribution in [0.5, 0.6) is 0 Å². The average molecular weight is 286 g/mol. The minimum absolute atomic E-state index is 0.271. The molecule has 2 rings (SSSR count). The van der Waals surface area contributed by atoms with Crippen molar-refractivity contribution in [2.75, 3.05) is 5.32 Å². The maximum atomic E-state index is 12.1. The van der Waals surface area contributed by atoms with Gasteiger partial charge in [0.15, 0.2) is 5.82 Å². The van der Waals surface area contributed by atoms with E-state index in [-0.39, 0.29) is 5.82 Å². The molecule has 20 heavy (non-hydrogen) atoms. The predicted molar refractivity (Wildman–Crippen MR) is 77.1 cm³/mol. The van der Waals surface area contributed by atoms with Crippen LogP contribution in [0.3, 0.4) is 0 Å². The fourth-order valence-electron chi connectivity index (χ4n) is 1.73. The zero-order valence-electron chi connectivity index (χ0n) is 10.6. The summed E-state index contributed by atoms with van der Waals surface area (Å²) in [6, 6.07) is 14.7. The second-order valence-corrected chi connectivity index (χ2v) is 4.60. The van der Waals surface area contributed by atoms with Crippen LogP contribution in [0.15, 0.2) is 48.7 Å². The van der Waals surface area contributed by atoms with E-state index in [0.717, 1.165) is 5.56 Å². The Labute approximate surface area is 122 Å². The highest BCUT2D eigenvalue weighted by Gasteiger charge is 2.19. The van der Waals surface area contributed by atoms with Crippen LogP contribution in [0.2, 0.25) is 5.02 Å². The van der Waals surface area contributed by atoms with Crippen LogP contribution < -0.4 is 5.32 Å². The van der Waals surface area contributed by atoms with Crippen LogP contribution >= 0.6 is 11.6 Å². The number of nitrogens with zero attached hydrogens (tertiary/aromatic N) is 2. The van der Waals surface area contributed by atoms with E-state index in [9.17, 15) is 4.79 Å². The Morgan fingerprint density at radius 3 is 2.70 bits per heavy atom. The van der Waals surface area contributed by atoms with Gasteiger partial charge in [0, 0.05) is 6.20 Å². The predicted octanol–water partition coefficient (Wildman–Crippen LogP) is 3.06. The number of rotatable bonds is 4.